The van der Waals surface area contributed by atoms with Crippen molar-refractivity contribution in [2.24, 2.45) is 5.92 Å². The van der Waals surface area contributed by atoms with Crippen molar-refractivity contribution >= 4 is 5.97 Å². The number of carbonyl (C=O) groups is 1. The van der Waals surface area contributed by atoms with Gasteiger partial charge in [0.15, 0.2) is 0 Å². The molecule has 2 fully saturated rings. The van der Waals surface area contributed by atoms with Gasteiger partial charge in [0.05, 0.1) is 19.8 Å². The van der Waals surface area contributed by atoms with Crippen LogP contribution >= 0.6 is 0 Å². The van der Waals surface area contributed by atoms with Crippen molar-refractivity contribution in [1.82, 2.24) is 4.90 Å². The summed E-state index contributed by atoms with van der Waals surface area (Å²) < 4.78 is 10.6. The summed E-state index contributed by atoms with van der Waals surface area (Å²) in [6.07, 6.45) is 1.92. The van der Waals surface area contributed by atoms with Crippen LogP contribution in [-0.4, -0.2) is 61.5 Å². The third kappa shape index (κ3) is 2.72. The van der Waals surface area contributed by atoms with Crippen molar-refractivity contribution in [3.05, 3.63) is 0 Å². The van der Waals surface area contributed by atoms with E-state index in [0.29, 0.717) is 32.9 Å². The molecule has 2 aliphatic heterocycles. The summed E-state index contributed by atoms with van der Waals surface area (Å²) in [4.78, 5) is 13.4. The second kappa shape index (κ2) is 5.61. The Morgan fingerprint density at radius 2 is 2.00 bits per heavy atom. The molecule has 0 aromatic rings. The van der Waals surface area contributed by atoms with Crippen LogP contribution in [0.3, 0.4) is 0 Å². The monoisotopic (exact) mass is 229 g/mol. The zero-order valence-corrected chi connectivity index (χ0v) is 9.43. The van der Waals surface area contributed by atoms with Crippen molar-refractivity contribution in [2.45, 2.75) is 18.9 Å². The summed E-state index contributed by atoms with van der Waals surface area (Å²) in [6.45, 7) is 4.05. The largest absolute Gasteiger partial charge is 0.480 e. The fourth-order valence-corrected chi connectivity index (χ4v) is 2.53. The van der Waals surface area contributed by atoms with Crippen LogP contribution in [0.4, 0.5) is 0 Å². The normalized spacial score (nSPS) is 29.9. The van der Waals surface area contributed by atoms with Gasteiger partial charge in [-0.25, -0.2) is 0 Å². The van der Waals surface area contributed by atoms with Crippen molar-refractivity contribution in [2.75, 3.05) is 39.5 Å². The molecular weight excluding hydrogens is 210 g/mol. The van der Waals surface area contributed by atoms with E-state index in [1.165, 1.54) is 0 Å². The van der Waals surface area contributed by atoms with Crippen molar-refractivity contribution < 1.29 is 19.4 Å². The molecule has 0 aliphatic carbocycles. The molecule has 0 radical (unpaired) electrons. The molecule has 2 unspecified atom stereocenters. The Labute approximate surface area is 95.3 Å². The van der Waals surface area contributed by atoms with Crippen molar-refractivity contribution in [1.29, 1.82) is 0 Å². The Hall–Kier alpha value is -0.650. The molecule has 2 saturated heterocycles. The molecule has 5 nitrogen and oxygen atoms in total. The maximum Gasteiger partial charge on any atom is 0.321 e. The number of nitrogens with zero attached hydrogens (tertiary/aromatic N) is 1. The molecule has 0 aromatic carbocycles. The lowest BCUT2D eigenvalue weighted by atomic mass is 9.92. The highest BCUT2D eigenvalue weighted by Crippen LogP contribution is 2.22. The van der Waals surface area contributed by atoms with Gasteiger partial charge in [-0.1, -0.05) is 0 Å². The van der Waals surface area contributed by atoms with E-state index in [0.717, 1.165) is 19.4 Å². The minimum absolute atomic E-state index is 0.129. The summed E-state index contributed by atoms with van der Waals surface area (Å²) in [6, 6.07) is -0.399. The first-order valence-electron chi connectivity index (χ1n) is 5.91. The zero-order chi connectivity index (χ0) is 11.4. The number of carboxylic acid groups (broad SMARTS) is 1. The number of aliphatic carboxylic acids is 1. The lowest BCUT2D eigenvalue weighted by Crippen LogP contribution is -2.52. The third-order valence-corrected chi connectivity index (χ3v) is 3.33. The Balaban J connectivity index is 1.99. The molecule has 0 bridgehead atoms. The van der Waals surface area contributed by atoms with E-state index in [1.54, 1.807) is 0 Å². The molecule has 0 aromatic heterocycles. The molecule has 2 heterocycles. The number of morpholine rings is 1. The molecule has 5 heteroatoms. The first-order valence-corrected chi connectivity index (χ1v) is 5.91. The summed E-state index contributed by atoms with van der Waals surface area (Å²) in [5, 5.41) is 9.34. The topological polar surface area (TPSA) is 59.0 Å². The summed E-state index contributed by atoms with van der Waals surface area (Å²) in [7, 11) is 0. The summed E-state index contributed by atoms with van der Waals surface area (Å²) in [5.41, 5.74) is 0. The smallest absolute Gasteiger partial charge is 0.321 e. The van der Waals surface area contributed by atoms with E-state index in [-0.39, 0.29) is 5.92 Å². The van der Waals surface area contributed by atoms with Crippen LogP contribution in [-0.2, 0) is 14.3 Å². The quantitative estimate of drug-likeness (QED) is 0.749. The maximum atomic E-state index is 11.4. The van der Waals surface area contributed by atoms with E-state index < -0.39 is 12.0 Å². The number of ether oxygens (including phenoxy) is 2. The Morgan fingerprint density at radius 1 is 1.25 bits per heavy atom. The van der Waals surface area contributed by atoms with Crippen LogP contribution in [0.1, 0.15) is 12.8 Å². The minimum atomic E-state index is -0.725. The fourth-order valence-electron chi connectivity index (χ4n) is 2.53. The molecular formula is C11H19NO4. The van der Waals surface area contributed by atoms with Gasteiger partial charge in [0.25, 0.3) is 0 Å². The molecule has 2 rings (SSSR count). The second-order valence-corrected chi connectivity index (χ2v) is 4.41. The van der Waals surface area contributed by atoms with Gasteiger partial charge in [-0.2, -0.15) is 0 Å². The second-order valence-electron chi connectivity index (χ2n) is 4.41. The maximum absolute atomic E-state index is 11.4. The van der Waals surface area contributed by atoms with Crippen LogP contribution in [0.2, 0.25) is 0 Å². The number of rotatable bonds is 3. The molecule has 16 heavy (non-hydrogen) atoms. The van der Waals surface area contributed by atoms with E-state index in [1.807, 2.05) is 4.90 Å². The number of hydrogen-bond acceptors (Lipinski definition) is 4. The van der Waals surface area contributed by atoms with Gasteiger partial charge in [0.1, 0.15) is 6.04 Å². The lowest BCUT2D eigenvalue weighted by Gasteiger charge is -2.37. The number of carboxylic acids is 1. The predicted molar refractivity (Wildman–Crippen MR) is 57.4 cm³/mol. The van der Waals surface area contributed by atoms with Gasteiger partial charge in [0, 0.05) is 25.6 Å². The highest BCUT2D eigenvalue weighted by molar-refractivity contribution is 5.74. The molecule has 0 spiro atoms. The van der Waals surface area contributed by atoms with Crippen LogP contribution < -0.4 is 0 Å². The Kier molecular flexibility index (Phi) is 4.15. The van der Waals surface area contributed by atoms with Crippen LogP contribution in [0.15, 0.2) is 0 Å². The standard InChI is InChI=1S/C11H19NO4/c13-11(14)10(9-2-1-5-16-8-9)12-3-6-15-7-4-12/h9-10H,1-8H2,(H,13,14). The van der Waals surface area contributed by atoms with Gasteiger partial charge < -0.3 is 14.6 Å². The molecule has 1 N–H and O–H groups in total. The molecule has 2 atom stereocenters. The molecule has 0 amide bonds. The van der Waals surface area contributed by atoms with Crippen LogP contribution in [0.25, 0.3) is 0 Å². The Bertz CT molecular complexity index is 216. The summed E-state index contributed by atoms with van der Waals surface area (Å²) in [5.74, 6) is -0.596. The third-order valence-electron chi connectivity index (χ3n) is 3.33. The average Bonchev–Trinajstić information content (AvgIpc) is 2.31. The fraction of sp³-hybridized carbons (Fsp3) is 0.909. The van der Waals surface area contributed by atoms with Crippen molar-refractivity contribution in [3.8, 4) is 0 Å². The van der Waals surface area contributed by atoms with Gasteiger partial charge in [-0.3, -0.25) is 9.69 Å². The molecule has 2 aliphatic rings. The zero-order valence-electron chi connectivity index (χ0n) is 9.43. The highest BCUT2D eigenvalue weighted by atomic mass is 16.5. The minimum Gasteiger partial charge on any atom is -0.480 e. The van der Waals surface area contributed by atoms with Gasteiger partial charge in [-0.05, 0) is 12.8 Å². The van der Waals surface area contributed by atoms with Crippen molar-refractivity contribution in [3.63, 3.8) is 0 Å². The number of hydrogen-bond donors (Lipinski definition) is 1. The lowest BCUT2D eigenvalue weighted by molar-refractivity contribution is -0.150. The first kappa shape index (κ1) is 11.8. The van der Waals surface area contributed by atoms with Crippen LogP contribution in [0.5, 0.6) is 0 Å². The first-order chi connectivity index (χ1) is 7.79. The van der Waals surface area contributed by atoms with E-state index >= 15 is 0 Å². The van der Waals surface area contributed by atoms with E-state index in [9.17, 15) is 9.90 Å². The van der Waals surface area contributed by atoms with Crippen LogP contribution in [0, 0.1) is 5.92 Å². The highest BCUT2D eigenvalue weighted by Gasteiger charge is 2.35. The molecule has 92 valence electrons. The van der Waals surface area contributed by atoms with E-state index in [4.69, 9.17) is 9.47 Å². The van der Waals surface area contributed by atoms with E-state index in [2.05, 4.69) is 0 Å². The molecule has 0 saturated carbocycles. The average molecular weight is 229 g/mol. The van der Waals surface area contributed by atoms with Gasteiger partial charge in [-0.15, -0.1) is 0 Å². The predicted octanol–water partition coefficient (Wildman–Crippen LogP) is 0.198. The summed E-state index contributed by atoms with van der Waals surface area (Å²) >= 11 is 0. The SMILES string of the molecule is O=C(O)C(C1CCCOC1)N1CCOCC1. The van der Waals surface area contributed by atoms with Gasteiger partial charge in [0.2, 0.25) is 0 Å². The van der Waals surface area contributed by atoms with Gasteiger partial charge >= 0.3 is 5.97 Å². The Morgan fingerprint density at radius 3 is 2.56 bits per heavy atom.